The highest BCUT2D eigenvalue weighted by molar-refractivity contribution is 5.82. The number of carbonyl (C=O) groups is 1. The molecule has 0 spiro atoms. The minimum atomic E-state index is -0.380. The first-order valence-electron chi connectivity index (χ1n) is 7.49. The van der Waals surface area contributed by atoms with Gasteiger partial charge in [0.2, 0.25) is 5.91 Å². The Hall–Kier alpha value is -2.43. The molecule has 3 rings (SSSR count). The Bertz CT molecular complexity index is 701. The standard InChI is InChI=1S/C17H20N4O/c1-17(8-6-12-4-2-3-5-13(12)10-17)16(22)20-11-15-19-9-7-14(18)21-15/h2-5,7,9H,6,8,10-11H2,1H3,(H,20,22)(H2,18,19,21). The fraction of sp³-hybridized carbons (Fsp3) is 0.353. The predicted molar refractivity (Wildman–Crippen MR) is 84.9 cm³/mol. The average molecular weight is 296 g/mol. The maximum absolute atomic E-state index is 12.6. The minimum Gasteiger partial charge on any atom is -0.384 e. The molecule has 0 fully saturated rings. The van der Waals surface area contributed by atoms with Crippen LogP contribution in [0.4, 0.5) is 5.82 Å². The second-order valence-corrected chi connectivity index (χ2v) is 6.09. The monoisotopic (exact) mass is 296 g/mol. The van der Waals surface area contributed by atoms with E-state index in [1.165, 1.54) is 11.1 Å². The lowest BCUT2D eigenvalue weighted by molar-refractivity contribution is -0.131. The summed E-state index contributed by atoms with van der Waals surface area (Å²) >= 11 is 0. The Balaban J connectivity index is 1.67. The van der Waals surface area contributed by atoms with Gasteiger partial charge in [-0.25, -0.2) is 9.97 Å². The Morgan fingerprint density at radius 1 is 1.32 bits per heavy atom. The van der Waals surface area contributed by atoms with Crippen molar-refractivity contribution in [2.24, 2.45) is 5.41 Å². The number of nitrogen functional groups attached to an aromatic ring is 1. The van der Waals surface area contributed by atoms with Crippen LogP contribution < -0.4 is 11.1 Å². The van der Waals surface area contributed by atoms with Gasteiger partial charge in [-0.15, -0.1) is 0 Å². The Morgan fingerprint density at radius 3 is 2.86 bits per heavy atom. The maximum Gasteiger partial charge on any atom is 0.226 e. The second-order valence-electron chi connectivity index (χ2n) is 6.09. The van der Waals surface area contributed by atoms with Gasteiger partial charge in [0.15, 0.2) is 0 Å². The van der Waals surface area contributed by atoms with Gasteiger partial charge < -0.3 is 11.1 Å². The number of amides is 1. The van der Waals surface area contributed by atoms with E-state index < -0.39 is 0 Å². The molecule has 114 valence electrons. The summed E-state index contributed by atoms with van der Waals surface area (Å²) in [6.45, 7) is 2.33. The first-order valence-corrected chi connectivity index (χ1v) is 7.49. The predicted octanol–water partition coefficient (Wildman–Crippen LogP) is 1.87. The summed E-state index contributed by atoms with van der Waals surface area (Å²) in [5.74, 6) is 0.998. The van der Waals surface area contributed by atoms with Gasteiger partial charge in [-0.05, 0) is 36.5 Å². The van der Waals surface area contributed by atoms with E-state index in [0.29, 0.717) is 18.2 Å². The van der Waals surface area contributed by atoms with Crippen LogP contribution >= 0.6 is 0 Å². The zero-order valence-corrected chi connectivity index (χ0v) is 12.7. The zero-order valence-electron chi connectivity index (χ0n) is 12.7. The van der Waals surface area contributed by atoms with Gasteiger partial charge in [0.05, 0.1) is 12.0 Å². The highest BCUT2D eigenvalue weighted by atomic mass is 16.2. The molecule has 3 N–H and O–H groups in total. The van der Waals surface area contributed by atoms with Crippen LogP contribution in [0, 0.1) is 5.41 Å². The van der Waals surface area contributed by atoms with Crippen molar-refractivity contribution >= 4 is 11.7 Å². The van der Waals surface area contributed by atoms with E-state index in [-0.39, 0.29) is 11.3 Å². The van der Waals surface area contributed by atoms with Gasteiger partial charge in [-0.1, -0.05) is 31.2 Å². The molecule has 1 aliphatic carbocycles. The second kappa shape index (κ2) is 5.75. The molecule has 1 aromatic heterocycles. The Morgan fingerprint density at radius 2 is 2.09 bits per heavy atom. The number of fused-ring (bicyclic) bond motifs is 1. The number of anilines is 1. The van der Waals surface area contributed by atoms with E-state index in [1.807, 2.05) is 13.0 Å². The maximum atomic E-state index is 12.6. The number of hydrogen-bond donors (Lipinski definition) is 2. The van der Waals surface area contributed by atoms with Crippen LogP contribution in [0.1, 0.15) is 30.3 Å². The van der Waals surface area contributed by atoms with Crippen molar-refractivity contribution in [1.82, 2.24) is 15.3 Å². The molecule has 5 heteroatoms. The van der Waals surface area contributed by atoms with Crippen molar-refractivity contribution in [1.29, 1.82) is 0 Å². The van der Waals surface area contributed by atoms with E-state index in [2.05, 4.69) is 33.5 Å². The van der Waals surface area contributed by atoms with Gasteiger partial charge in [0, 0.05) is 6.20 Å². The lowest BCUT2D eigenvalue weighted by atomic mass is 9.72. The summed E-state index contributed by atoms with van der Waals surface area (Å²) < 4.78 is 0. The van der Waals surface area contributed by atoms with Gasteiger partial charge in [-0.3, -0.25) is 4.79 Å². The molecule has 1 aliphatic rings. The summed E-state index contributed by atoms with van der Waals surface area (Å²) in [5.41, 5.74) is 7.87. The minimum absolute atomic E-state index is 0.0491. The Kier molecular flexibility index (Phi) is 3.79. The topological polar surface area (TPSA) is 80.9 Å². The average Bonchev–Trinajstić information content (AvgIpc) is 2.52. The van der Waals surface area contributed by atoms with E-state index >= 15 is 0 Å². The first kappa shape index (κ1) is 14.5. The fourth-order valence-corrected chi connectivity index (χ4v) is 2.96. The summed E-state index contributed by atoms with van der Waals surface area (Å²) in [6.07, 6.45) is 4.16. The number of carbonyl (C=O) groups excluding carboxylic acids is 1. The van der Waals surface area contributed by atoms with Gasteiger partial charge >= 0.3 is 0 Å². The molecule has 0 aliphatic heterocycles. The molecular formula is C17H20N4O. The van der Waals surface area contributed by atoms with Crippen LogP contribution in [0.3, 0.4) is 0 Å². The first-order chi connectivity index (χ1) is 10.6. The van der Waals surface area contributed by atoms with Crippen LogP contribution in [0.25, 0.3) is 0 Å². The lowest BCUT2D eigenvalue weighted by Crippen LogP contribution is -2.42. The molecular weight excluding hydrogens is 276 g/mol. The number of nitrogens with zero attached hydrogens (tertiary/aromatic N) is 2. The van der Waals surface area contributed by atoms with Crippen LogP contribution in [0.2, 0.25) is 0 Å². The van der Waals surface area contributed by atoms with Crippen LogP contribution in [0.5, 0.6) is 0 Å². The van der Waals surface area contributed by atoms with Gasteiger partial charge in [-0.2, -0.15) is 0 Å². The molecule has 22 heavy (non-hydrogen) atoms. The summed E-state index contributed by atoms with van der Waals surface area (Å²) in [5, 5.41) is 2.95. The molecule has 0 saturated heterocycles. The van der Waals surface area contributed by atoms with E-state index in [1.54, 1.807) is 12.3 Å². The van der Waals surface area contributed by atoms with Crippen LogP contribution in [0.15, 0.2) is 36.5 Å². The summed E-state index contributed by atoms with van der Waals surface area (Å²) in [7, 11) is 0. The van der Waals surface area contributed by atoms with Crippen molar-refractivity contribution in [3.63, 3.8) is 0 Å². The molecule has 2 aromatic rings. The van der Waals surface area contributed by atoms with Gasteiger partial charge in [0.25, 0.3) is 0 Å². The smallest absolute Gasteiger partial charge is 0.226 e. The number of nitrogens with one attached hydrogen (secondary N) is 1. The number of nitrogens with two attached hydrogens (primary N) is 1. The van der Waals surface area contributed by atoms with Crippen molar-refractivity contribution in [2.45, 2.75) is 32.7 Å². The molecule has 0 saturated carbocycles. The van der Waals surface area contributed by atoms with Crippen molar-refractivity contribution in [3.8, 4) is 0 Å². The molecule has 1 unspecified atom stereocenters. The zero-order chi connectivity index (χ0) is 15.6. The third kappa shape index (κ3) is 2.93. The molecule has 5 nitrogen and oxygen atoms in total. The Labute approximate surface area is 130 Å². The molecule has 1 atom stereocenters. The number of aromatic nitrogens is 2. The number of rotatable bonds is 3. The summed E-state index contributed by atoms with van der Waals surface area (Å²) in [4.78, 5) is 20.8. The third-order valence-corrected chi connectivity index (χ3v) is 4.33. The molecule has 0 bridgehead atoms. The quantitative estimate of drug-likeness (QED) is 0.906. The fourth-order valence-electron chi connectivity index (χ4n) is 2.96. The van der Waals surface area contributed by atoms with E-state index in [0.717, 1.165) is 19.3 Å². The lowest BCUT2D eigenvalue weighted by Gasteiger charge is -2.33. The van der Waals surface area contributed by atoms with Crippen molar-refractivity contribution in [3.05, 3.63) is 53.5 Å². The van der Waals surface area contributed by atoms with Crippen molar-refractivity contribution in [2.75, 3.05) is 5.73 Å². The van der Waals surface area contributed by atoms with E-state index in [9.17, 15) is 4.79 Å². The largest absolute Gasteiger partial charge is 0.384 e. The molecule has 1 aromatic carbocycles. The number of benzene rings is 1. The third-order valence-electron chi connectivity index (χ3n) is 4.33. The normalized spacial score (nSPS) is 20.2. The van der Waals surface area contributed by atoms with E-state index in [4.69, 9.17) is 5.73 Å². The highest BCUT2D eigenvalue weighted by Crippen LogP contribution is 2.35. The van der Waals surface area contributed by atoms with Crippen LogP contribution in [-0.4, -0.2) is 15.9 Å². The van der Waals surface area contributed by atoms with Gasteiger partial charge in [0.1, 0.15) is 11.6 Å². The number of aryl methyl sites for hydroxylation is 1. The molecule has 0 radical (unpaired) electrons. The molecule has 1 amide bonds. The van der Waals surface area contributed by atoms with Crippen molar-refractivity contribution < 1.29 is 4.79 Å². The van der Waals surface area contributed by atoms with Crippen LogP contribution in [-0.2, 0) is 24.2 Å². The number of hydrogen-bond acceptors (Lipinski definition) is 4. The molecule has 1 heterocycles. The highest BCUT2D eigenvalue weighted by Gasteiger charge is 2.36. The summed E-state index contributed by atoms with van der Waals surface area (Å²) in [6, 6.07) is 9.97. The SMILES string of the molecule is CC1(C(=O)NCc2nccc(N)n2)CCc2ccccc2C1.